The highest BCUT2D eigenvalue weighted by Crippen LogP contribution is 2.21. The van der Waals surface area contributed by atoms with Gasteiger partial charge in [-0.2, -0.15) is 0 Å². The summed E-state index contributed by atoms with van der Waals surface area (Å²) in [6, 6.07) is 7.52. The lowest BCUT2D eigenvalue weighted by atomic mass is 10.1. The van der Waals surface area contributed by atoms with E-state index in [0.29, 0.717) is 12.2 Å². The maximum atomic E-state index is 12.1. The first-order valence-corrected chi connectivity index (χ1v) is 6.79. The number of anilines is 1. The first-order chi connectivity index (χ1) is 10.1. The van der Waals surface area contributed by atoms with Crippen LogP contribution in [0.1, 0.15) is 6.42 Å². The van der Waals surface area contributed by atoms with Gasteiger partial charge >= 0.3 is 0 Å². The zero-order chi connectivity index (χ0) is 14.8. The van der Waals surface area contributed by atoms with Gasteiger partial charge in [-0.3, -0.25) is 9.59 Å². The summed E-state index contributed by atoms with van der Waals surface area (Å²) >= 11 is 0. The molecule has 1 fully saturated rings. The monoisotopic (exact) mass is 284 g/mol. The first-order valence-electron chi connectivity index (χ1n) is 6.79. The number of amides is 2. The summed E-state index contributed by atoms with van der Waals surface area (Å²) in [5.41, 5.74) is 1.64. The van der Waals surface area contributed by atoms with Crippen LogP contribution in [0.5, 0.6) is 0 Å². The van der Waals surface area contributed by atoms with Gasteiger partial charge in [-0.25, -0.2) is 4.98 Å². The van der Waals surface area contributed by atoms with E-state index in [9.17, 15) is 9.59 Å². The van der Waals surface area contributed by atoms with Gasteiger partial charge in [-0.05, 0) is 12.1 Å². The van der Waals surface area contributed by atoms with Crippen LogP contribution >= 0.6 is 0 Å². The molecular weight excluding hydrogens is 268 g/mol. The largest absolute Gasteiger partial charge is 0.355 e. The van der Waals surface area contributed by atoms with E-state index in [0.717, 1.165) is 11.4 Å². The molecule has 0 saturated carbocycles. The molecule has 1 unspecified atom stereocenters. The Morgan fingerprint density at radius 2 is 2.33 bits per heavy atom. The van der Waals surface area contributed by atoms with Crippen molar-refractivity contribution >= 4 is 17.5 Å². The molecular formula is C15H16N4O2. The van der Waals surface area contributed by atoms with Gasteiger partial charge in [0.25, 0.3) is 0 Å². The zero-order valence-electron chi connectivity index (χ0n) is 11.7. The molecule has 0 spiro atoms. The molecule has 21 heavy (non-hydrogen) atoms. The number of nitrogens with one attached hydrogen (secondary N) is 2. The SMILES string of the molecule is Cn1ccnc1-c1cccc(NC(=O)C2CNC(=O)C2)c1. The van der Waals surface area contributed by atoms with E-state index in [-0.39, 0.29) is 24.2 Å². The summed E-state index contributed by atoms with van der Waals surface area (Å²) in [7, 11) is 1.92. The predicted molar refractivity (Wildman–Crippen MR) is 78.4 cm³/mol. The quantitative estimate of drug-likeness (QED) is 0.888. The number of aromatic nitrogens is 2. The van der Waals surface area contributed by atoms with E-state index in [2.05, 4.69) is 15.6 Å². The van der Waals surface area contributed by atoms with Crippen molar-refractivity contribution in [3.8, 4) is 11.4 Å². The van der Waals surface area contributed by atoms with Crippen LogP contribution in [0, 0.1) is 5.92 Å². The van der Waals surface area contributed by atoms with Gasteiger partial charge < -0.3 is 15.2 Å². The van der Waals surface area contributed by atoms with E-state index in [1.165, 1.54) is 0 Å². The summed E-state index contributed by atoms with van der Waals surface area (Å²) < 4.78 is 1.92. The number of carbonyl (C=O) groups excluding carboxylic acids is 2. The van der Waals surface area contributed by atoms with E-state index < -0.39 is 0 Å². The van der Waals surface area contributed by atoms with Crippen molar-refractivity contribution in [1.82, 2.24) is 14.9 Å². The third-order valence-electron chi connectivity index (χ3n) is 3.56. The van der Waals surface area contributed by atoms with E-state index in [1.807, 2.05) is 42.1 Å². The topological polar surface area (TPSA) is 76.0 Å². The first kappa shape index (κ1) is 13.4. The summed E-state index contributed by atoms with van der Waals surface area (Å²) in [6.45, 7) is 0.406. The second-order valence-electron chi connectivity index (χ2n) is 5.14. The van der Waals surface area contributed by atoms with Crippen LogP contribution < -0.4 is 10.6 Å². The minimum absolute atomic E-state index is 0.0723. The van der Waals surface area contributed by atoms with E-state index >= 15 is 0 Å². The number of hydrogen-bond donors (Lipinski definition) is 2. The fourth-order valence-corrected chi connectivity index (χ4v) is 2.41. The Balaban J connectivity index is 1.76. The standard InChI is InChI=1S/C15H16N4O2/c1-19-6-5-16-14(19)10-3-2-4-12(7-10)18-15(21)11-8-13(20)17-9-11/h2-7,11H,8-9H2,1H3,(H,17,20)(H,18,21). The average Bonchev–Trinajstić information content (AvgIpc) is 3.08. The van der Waals surface area contributed by atoms with E-state index in [1.54, 1.807) is 6.20 Å². The molecule has 1 atom stereocenters. The number of nitrogens with zero attached hydrogens (tertiary/aromatic N) is 2. The molecule has 0 aliphatic carbocycles. The molecule has 1 aromatic heterocycles. The van der Waals surface area contributed by atoms with Crippen LogP contribution in [0.3, 0.4) is 0 Å². The number of imidazole rings is 1. The van der Waals surface area contributed by atoms with Crippen LogP contribution in [0.15, 0.2) is 36.7 Å². The molecule has 2 amide bonds. The lowest BCUT2D eigenvalue weighted by Gasteiger charge is -2.10. The number of hydrogen-bond acceptors (Lipinski definition) is 3. The Morgan fingerprint density at radius 1 is 1.48 bits per heavy atom. The molecule has 6 nitrogen and oxygen atoms in total. The maximum absolute atomic E-state index is 12.1. The van der Waals surface area contributed by atoms with Crippen LogP contribution in [0.2, 0.25) is 0 Å². The highest BCUT2D eigenvalue weighted by Gasteiger charge is 2.27. The third kappa shape index (κ3) is 2.79. The summed E-state index contributed by atoms with van der Waals surface area (Å²) in [5.74, 6) is 0.334. The lowest BCUT2D eigenvalue weighted by Crippen LogP contribution is -2.24. The highest BCUT2D eigenvalue weighted by atomic mass is 16.2. The van der Waals surface area contributed by atoms with Crippen molar-refractivity contribution in [3.63, 3.8) is 0 Å². The minimum atomic E-state index is -0.297. The van der Waals surface area contributed by atoms with Crippen molar-refractivity contribution in [2.24, 2.45) is 13.0 Å². The van der Waals surface area contributed by atoms with Crippen LogP contribution in [-0.2, 0) is 16.6 Å². The van der Waals surface area contributed by atoms with Crippen LogP contribution in [0.25, 0.3) is 11.4 Å². The van der Waals surface area contributed by atoms with Gasteiger partial charge in [0.1, 0.15) is 5.82 Å². The predicted octanol–water partition coefficient (Wildman–Crippen LogP) is 1.16. The number of benzene rings is 1. The van der Waals surface area contributed by atoms with Crippen LogP contribution in [0.4, 0.5) is 5.69 Å². The molecule has 1 aromatic carbocycles. The molecule has 2 aromatic rings. The Labute approximate surface area is 122 Å². The smallest absolute Gasteiger partial charge is 0.229 e. The van der Waals surface area contributed by atoms with Crippen molar-refractivity contribution in [2.45, 2.75) is 6.42 Å². The van der Waals surface area contributed by atoms with Crippen LogP contribution in [-0.4, -0.2) is 27.9 Å². The Kier molecular flexibility index (Phi) is 3.43. The molecule has 1 aliphatic rings. The molecule has 2 heterocycles. The van der Waals surface area contributed by atoms with Gasteiger partial charge in [-0.1, -0.05) is 12.1 Å². The Morgan fingerprint density at radius 3 is 3.00 bits per heavy atom. The Hall–Kier alpha value is -2.63. The molecule has 1 aliphatic heterocycles. The second kappa shape index (κ2) is 5.40. The van der Waals surface area contributed by atoms with Crippen molar-refractivity contribution in [3.05, 3.63) is 36.7 Å². The van der Waals surface area contributed by atoms with Gasteiger partial charge in [0, 0.05) is 43.7 Å². The normalized spacial score (nSPS) is 17.6. The molecule has 6 heteroatoms. The summed E-state index contributed by atoms with van der Waals surface area (Å²) in [5, 5.41) is 5.52. The van der Waals surface area contributed by atoms with Gasteiger partial charge in [0.15, 0.2) is 0 Å². The van der Waals surface area contributed by atoms with Crippen molar-refractivity contribution in [2.75, 3.05) is 11.9 Å². The van der Waals surface area contributed by atoms with Gasteiger partial charge in [0.2, 0.25) is 11.8 Å². The molecule has 3 rings (SSSR count). The number of rotatable bonds is 3. The minimum Gasteiger partial charge on any atom is -0.355 e. The van der Waals surface area contributed by atoms with E-state index in [4.69, 9.17) is 0 Å². The molecule has 0 radical (unpaired) electrons. The fourth-order valence-electron chi connectivity index (χ4n) is 2.41. The van der Waals surface area contributed by atoms with Crippen molar-refractivity contribution < 1.29 is 9.59 Å². The molecule has 108 valence electrons. The lowest BCUT2D eigenvalue weighted by molar-refractivity contribution is -0.123. The second-order valence-corrected chi connectivity index (χ2v) is 5.14. The van der Waals surface area contributed by atoms with Gasteiger partial charge in [0.05, 0.1) is 5.92 Å². The summed E-state index contributed by atoms with van der Waals surface area (Å²) in [4.78, 5) is 27.5. The number of aryl methyl sites for hydroxylation is 1. The average molecular weight is 284 g/mol. The molecule has 2 N–H and O–H groups in total. The zero-order valence-corrected chi connectivity index (χ0v) is 11.7. The molecule has 1 saturated heterocycles. The van der Waals surface area contributed by atoms with Crippen molar-refractivity contribution in [1.29, 1.82) is 0 Å². The maximum Gasteiger partial charge on any atom is 0.229 e. The summed E-state index contributed by atoms with van der Waals surface area (Å²) in [6.07, 6.45) is 3.86. The Bertz CT molecular complexity index is 692. The third-order valence-corrected chi connectivity index (χ3v) is 3.56. The van der Waals surface area contributed by atoms with Gasteiger partial charge in [-0.15, -0.1) is 0 Å². The molecule has 0 bridgehead atoms. The highest BCUT2D eigenvalue weighted by molar-refractivity contribution is 5.97. The number of carbonyl (C=O) groups is 2. The fraction of sp³-hybridized carbons (Fsp3) is 0.267.